The van der Waals surface area contributed by atoms with E-state index in [1.165, 1.54) is 10.5 Å². The molecule has 1 heterocycles. The minimum Gasteiger partial charge on any atom is -0.490 e. The zero-order chi connectivity index (χ0) is 21.7. The van der Waals surface area contributed by atoms with E-state index < -0.39 is 0 Å². The Morgan fingerprint density at radius 3 is 2.63 bits per heavy atom. The van der Waals surface area contributed by atoms with E-state index in [-0.39, 0.29) is 11.1 Å². The average Bonchev–Trinajstić information content (AvgIpc) is 2.95. The topological polar surface area (TPSA) is 55.8 Å². The van der Waals surface area contributed by atoms with Crippen LogP contribution in [0.5, 0.6) is 11.5 Å². The van der Waals surface area contributed by atoms with Crippen molar-refractivity contribution in [3.63, 3.8) is 0 Å². The Morgan fingerprint density at radius 1 is 1.13 bits per heavy atom. The maximum atomic E-state index is 12.5. The second-order valence-electron chi connectivity index (χ2n) is 6.87. The highest BCUT2D eigenvalue weighted by atomic mass is 127. The Morgan fingerprint density at radius 2 is 1.93 bits per heavy atom. The minimum absolute atomic E-state index is 0.217. The van der Waals surface area contributed by atoms with Crippen LogP contribution in [0.3, 0.4) is 0 Å². The highest BCUT2D eigenvalue weighted by molar-refractivity contribution is 14.1. The van der Waals surface area contributed by atoms with Crippen molar-refractivity contribution in [2.24, 2.45) is 0 Å². The lowest BCUT2D eigenvalue weighted by molar-refractivity contribution is -0.122. The summed E-state index contributed by atoms with van der Waals surface area (Å²) >= 11 is 3.19. The van der Waals surface area contributed by atoms with Gasteiger partial charge < -0.3 is 9.47 Å². The number of rotatable bonds is 8. The highest BCUT2D eigenvalue weighted by Gasteiger charge is 2.34. The summed E-state index contributed by atoms with van der Waals surface area (Å²) in [6.45, 7) is 7.28. The van der Waals surface area contributed by atoms with Gasteiger partial charge in [-0.3, -0.25) is 14.5 Å². The number of imide groups is 1. The normalized spacial score (nSPS) is 15.2. The number of ether oxygens (including phenoxy) is 2. The molecule has 0 aromatic heterocycles. The fourth-order valence-corrected chi connectivity index (χ4v) is 4.75. The summed E-state index contributed by atoms with van der Waals surface area (Å²) in [6, 6.07) is 12.0. The van der Waals surface area contributed by atoms with Crippen LogP contribution >= 0.6 is 34.4 Å². The van der Waals surface area contributed by atoms with Crippen molar-refractivity contribution < 1.29 is 19.1 Å². The van der Waals surface area contributed by atoms with Gasteiger partial charge in [0.25, 0.3) is 11.1 Å². The number of benzene rings is 2. The number of nitrogens with zero attached hydrogens (tertiary/aromatic N) is 1. The van der Waals surface area contributed by atoms with Gasteiger partial charge in [-0.05, 0) is 84.0 Å². The number of aryl methyl sites for hydroxylation is 1. The van der Waals surface area contributed by atoms with E-state index in [1.54, 1.807) is 6.08 Å². The summed E-state index contributed by atoms with van der Waals surface area (Å²) in [5.41, 5.74) is 3.07. The van der Waals surface area contributed by atoms with Gasteiger partial charge in [-0.25, -0.2) is 0 Å². The van der Waals surface area contributed by atoms with Crippen LogP contribution in [0.4, 0.5) is 4.79 Å². The molecule has 3 rings (SSSR count). The van der Waals surface area contributed by atoms with Gasteiger partial charge in [-0.1, -0.05) is 36.8 Å². The van der Waals surface area contributed by atoms with Crippen molar-refractivity contribution in [2.45, 2.75) is 33.8 Å². The van der Waals surface area contributed by atoms with Crippen LogP contribution in [0.15, 0.2) is 41.3 Å². The van der Waals surface area contributed by atoms with Crippen molar-refractivity contribution in [1.82, 2.24) is 4.90 Å². The molecule has 5 nitrogen and oxygen atoms in total. The zero-order valence-electron chi connectivity index (χ0n) is 17.2. The van der Waals surface area contributed by atoms with Gasteiger partial charge >= 0.3 is 0 Å². The maximum Gasteiger partial charge on any atom is 0.293 e. The van der Waals surface area contributed by atoms with Crippen LogP contribution in [-0.2, 0) is 11.4 Å². The van der Waals surface area contributed by atoms with Gasteiger partial charge in [0, 0.05) is 6.54 Å². The summed E-state index contributed by atoms with van der Waals surface area (Å²) < 4.78 is 12.8. The molecule has 7 heteroatoms. The molecule has 2 amide bonds. The third-order valence-corrected chi connectivity index (χ3v) is 6.12. The lowest BCUT2D eigenvalue weighted by Crippen LogP contribution is -2.28. The van der Waals surface area contributed by atoms with Gasteiger partial charge in [0.2, 0.25) is 0 Å². The Hall–Kier alpha value is -2.00. The third-order valence-electron chi connectivity index (χ3n) is 4.42. The first-order valence-electron chi connectivity index (χ1n) is 9.83. The zero-order valence-corrected chi connectivity index (χ0v) is 20.2. The molecule has 1 aliphatic rings. The van der Waals surface area contributed by atoms with Crippen molar-refractivity contribution >= 4 is 51.6 Å². The summed E-state index contributed by atoms with van der Waals surface area (Å²) in [7, 11) is 0. The number of hydrogen-bond donors (Lipinski definition) is 0. The Kier molecular flexibility index (Phi) is 7.82. The second-order valence-corrected chi connectivity index (χ2v) is 9.03. The van der Waals surface area contributed by atoms with Crippen LogP contribution in [0, 0.1) is 10.5 Å². The molecule has 1 aliphatic heterocycles. The first-order chi connectivity index (χ1) is 14.4. The minimum atomic E-state index is -0.236. The SMILES string of the molecule is CCCN1C(=O)S/C(=C/c2cc(I)c(OCc3cccc(C)c3)c(OCC)c2)C1=O. The largest absolute Gasteiger partial charge is 0.490 e. The van der Waals surface area contributed by atoms with Gasteiger partial charge in [0.1, 0.15) is 6.61 Å². The van der Waals surface area contributed by atoms with Crippen molar-refractivity contribution in [3.05, 3.63) is 61.6 Å². The molecule has 1 saturated heterocycles. The highest BCUT2D eigenvalue weighted by Crippen LogP contribution is 2.38. The first-order valence-corrected chi connectivity index (χ1v) is 11.7. The van der Waals surface area contributed by atoms with Crippen LogP contribution in [-0.4, -0.2) is 29.2 Å². The van der Waals surface area contributed by atoms with Crippen molar-refractivity contribution in [2.75, 3.05) is 13.2 Å². The monoisotopic (exact) mass is 537 g/mol. The number of hydrogen-bond acceptors (Lipinski definition) is 5. The fourth-order valence-electron chi connectivity index (χ4n) is 3.10. The summed E-state index contributed by atoms with van der Waals surface area (Å²) in [5.74, 6) is 1.06. The van der Waals surface area contributed by atoms with E-state index in [1.807, 2.05) is 38.1 Å². The van der Waals surface area contributed by atoms with Crippen LogP contribution in [0.1, 0.15) is 37.0 Å². The Labute approximate surface area is 195 Å². The average molecular weight is 537 g/mol. The van der Waals surface area contributed by atoms with Crippen LogP contribution in [0.25, 0.3) is 6.08 Å². The molecular formula is C23H24INO4S. The fraction of sp³-hybridized carbons (Fsp3) is 0.304. The molecule has 0 atom stereocenters. The summed E-state index contributed by atoms with van der Waals surface area (Å²) in [4.78, 5) is 26.3. The van der Waals surface area contributed by atoms with Gasteiger partial charge in [0.05, 0.1) is 15.1 Å². The van der Waals surface area contributed by atoms with E-state index in [0.29, 0.717) is 36.2 Å². The smallest absolute Gasteiger partial charge is 0.293 e. The molecule has 1 fully saturated rings. The van der Waals surface area contributed by atoms with E-state index in [4.69, 9.17) is 9.47 Å². The van der Waals surface area contributed by atoms with Crippen molar-refractivity contribution in [1.29, 1.82) is 0 Å². The van der Waals surface area contributed by atoms with Gasteiger partial charge in [-0.15, -0.1) is 0 Å². The predicted octanol–water partition coefficient (Wildman–Crippen LogP) is 6.02. The number of amides is 2. The Bertz CT molecular complexity index is 989. The molecule has 0 unspecified atom stereocenters. The molecular weight excluding hydrogens is 513 g/mol. The molecule has 0 N–H and O–H groups in total. The molecule has 30 heavy (non-hydrogen) atoms. The quantitative estimate of drug-likeness (QED) is 0.305. The molecule has 0 bridgehead atoms. The molecule has 0 aliphatic carbocycles. The first kappa shape index (κ1) is 22.7. The summed E-state index contributed by atoms with van der Waals surface area (Å²) in [5, 5.41) is -0.217. The van der Waals surface area contributed by atoms with Gasteiger partial charge in [0.15, 0.2) is 11.5 Å². The number of thioether (sulfide) groups is 1. The lowest BCUT2D eigenvalue weighted by atomic mass is 10.1. The lowest BCUT2D eigenvalue weighted by Gasteiger charge is -2.15. The Balaban J connectivity index is 1.86. The number of halogens is 1. The van der Waals surface area contributed by atoms with Crippen molar-refractivity contribution in [3.8, 4) is 11.5 Å². The predicted molar refractivity (Wildman–Crippen MR) is 129 cm³/mol. The molecule has 0 radical (unpaired) electrons. The molecule has 2 aromatic carbocycles. The van der Waals surface area contributed by atoms with E-state index >= 15 is 0 Å². The van der Waals surface area contributed by atoms with E-state index in [0.717, 1.165) is 32.9 Å². The molecule has 158 valence electrons. The summed E-state index contributed by atoms with van der Waals surface area (Å²) in [6.07, 6.45) is 2.49. The third kappa shape index (κ3) is 5.37. The molecule has 2 aromatic rings. The van der Waals surface area contributed by atoms with Gasteiger partial charge in [-0.2, -0.15) is 0 Å². The van der Waals surface area contributed by atoms with Crippen LogP contribution < -0.4 is 9.47 Å². The molecule has 0 spiro atoms. The second kappa shape index (κ2) is 10.3. The molecule has 0 saturated carbocycles. The number of carbonyl (C=O) groups excluding carboxylic acids is 2. The maximum absolute atomic E-state index is 12.5. The number of carbonyl (C=O) groups is 2. The van der Waals surface area contributed by atoms with E-state index in [2.05, 4.69) is 41.6 Å². The van der Waals surface area contributed by atoms with E-state index in [9.17, 15) is 9.59 Å². The van der Waals surface area contributed by atoms with Crippen LogP contribution in [0.2, 0.25) is 0 Å². The standard InChI is InChI=1S/C23H24INO4S/c1-4-9-25-22(26)20(30-23(25)27)13-17-11-18(24)21(19(12-17)28-5-2)29-14-16-8-6-7-15(3)10-16/h6-8,10-13H,4-5,9,14H2,1-3H3/b20-13+.